The fourth-order valence-electron chi connectivity index (χ4n) is 6.46. The van der Waals surface area contributed by atoms with Crippen LogP contribution in [0.15, 0.2) is 120 Å². The number of hydroxylamine groups is 2. The summed E-state index contributed by atoms with van der Waals surface area (Å²) in [7, 11) is 3.20. The number of benzene rings is 4. The van der Waals surface area contributed by atoms with E-state index in [0.717, 1.165) is 21.8 Å². The molecule has 5 aromatic rings. The predicted molar refractivity (Wildman–Crippen MR) is 182 cm³/mol. The zero-order chi connectivity index (χ0) is 34.8. The molecule has 50 heavy (non-hydrogen) atoms. The van der Waals surface area contributed by atoms with Crippen molar-refractivity contribution in [3.8, 4) is 11.5 Å². The van der Waals surface area contributed by atoms with Crippen molar-refractivity contribution in [2.75, 3.05) is 26.6 Å². The number of methoxy groups -OCH3 is 2. The monoisotopic (exact) mass is 674 g/mol. The molecule has 2 N–H and O–H groups in total. The molecule has 2 aliphatic rings. The van der Waals surface area contributed by atoms with Crippen molar-refractivity contribution in [3.63, 3.8) is 0 Å². The van der Waals surface area contributed by atoms with Crippen molar-refractivity contribution in [3.05, 3.63) is 154 Å². The molecule has 0 aliphatic carbocycles. The molecule has 1 saturated heterocycles. The van der Waals surface area contributed by atoms with Crippen molar-refractivity contribution in [2.24, 2.45) is 0 Å². The first kappa shape index (κ1) is 32.7. The predicted octanol–water partition coefficient (Wildman–Crippen LogP) is 4.74. The van der Waals surface area contributed by atoms with E-state index in [1.165, 1.54) is 16.8 Å². The standard InChI is InChI=1S/C38H34N4O8/c1-46-27-16-12-25(13-17-27)38(24-8-4-3-5-9-24,26-14-18-28(47-2)19-15-26)48-23-32-31(22-34(49-32)41-21-20-33(39)40-37(41)45)50-42-35(43)29-10-6-7-11-30(29)36(42)44/h3-21,31-32,34H,22-23H2,1-2H3,(H2,39,40,45)/t31-,32+,34+/m0/s1. The number of ether oxygens (including phenoxy) is 4. The largest absolute Gasteiger partial charge is 0.497 e. The molecule has 2 amide bonds. The van der Waals surface area contributed by atoms with Gasteiger partial charge in [-0.3, -0.25) is 19.0 Å². The minimum Gasteiger partial charge on any atom is -0.497 e. The highest BCUT2D eigenvalue weighted by atomic mass is 16.7. The highest BCUT2D eigenvalue weighted by Crippen LogP contribution is 2.43. The fraction of sp³-hybridized carbons (Fsp3) is 0.211. The molecule has 12 nitrogen and oxygen atoms in total. The third-order valence-corrected chi connectivity index (χ3v) is 8.98. The minimum absolute atomic E-state index is 0.0644. The molecule has 2 aliphatic heterocycles. The van der Waals surface area contributed by atoms with E-state index in [0.29, 0.717) is 11.5 Å². The molecule has 254 valence electrons. The second-order valence-electron chi connectivity index (χ2n) is 11.8. The number of anilines is 1. The first-order valence-electron chi connectivity index (χ1n) is 16.0. The quantitative estimate of drug-likeness (QED) is 0.154. The van der Waals surface area contributed by atoms with Crippen LogP contribution in [0.5, 0.6) is 11.5 Å². The number of imide groups is 1. The van der Waals surface area contributed by atoms with Crippen LogP contribution in [0.1, 0.15) is 50.1 Å². The molecule has 7 rings (SSSR count). The van der Waals surface area contributed by atoms with Gasteiger partial charge >= 0.3 is 5.69 Å². The Hall–Kier alpha value is -5.82. The van der Waals surface area contributed by atoms with Gasteiger partial charge in [0.2, 0.25) is 0 Å². The van der Waals surface area contributed by atoms with Crippen LogP contribution in [0.2, 0.25) is 0 Å². The summed E-state index contributed by atoms with van der Waals surface area (Å²) in [6.07, 6.45) is -1.05. The summed E-state index contributed by atoms with van der Waals surface area (Å²) < 4.78 is 25.7. The van der Waals surface area contributed by atoms with Gasteiger partial charge < -0.3 is 24.7 Å². The number of hydrogen-bond donors (Lipinski definition) is 1. The van der Waals surface area contributed by atoms with Crippen LogP contribution in [0.3, 0.4) is 0 Å². The lowest BCUT2D eigenvalue weighted by molar-refractivity contribution is -0.166. The molecular formula is C38H34N4O8. The summed E-state index contributed by atoms with van der Waals surface area (Å²) in [4.78, 5) is 49.6. The Morgan fingerprint density at radius 2 is 1.30 bits per heavy atom. The van der Waals surface area contributed by atoms with Gasteiger partial charge in [0.1, 0.15) is 41.4 Å². The highest BCUT2D eigenvalue weighted by molar-refractivity contribution is 6.20. The van der Waals surface area contributed by atoms with E-state index in [1.807, 2.05) is 78.9 Å². The fourth-order valence-corrected chi connectivity index (χ4v) is 6.46. The van der Waals surface area contributed by atoms with Crippen LogP contribution in [-0.4, -0.2) is 59.5 Å². The highest BCUT2D eigenvalue weighted by Gasteiger charge is 2.46. The molecule has 3 atom stereocenters. The van der Waals surface area contributed by atoms with Crippen LogP contribution >= 0.6 is 0 Å². The average molecular weight is 675 g/mol. The van der Waals surface area contributed by atoms with Gasteiger partial charge in [0, 0.05) is 12.6 Å². The Morgan fingerprint density at radius 3 is 1.84 bits per heavy atom. The van der Waals surface area contributed by atoms with Gasteiger partial charge in [0.25, 0.3) is 11.8 Å². The molecule has 0 radical (unpaired) electrons. The Labute approximate surface area is 287 Å². The Morgan fingerprint density at radius 1 is 0.760 bits per heavy atom. The molecule has 0 spiro atoms. The number of amides is 2. The molecule has 12 heteroatoms. The second-order valence-corrected chi connectivity index (χ2v) is 11.8. The lowest BCUT2D eigenvalue weighted by atomic mass is 9.80. The molecule has 0 unspecified atom stereocenters. The summed E-state index contributed by atoms with van der Waals surface area (Å²) in [6, 6.07) is 32.9. The van der Waals surface area contributed by atoms with Crippen LogP contribution in [0.4, 0.5) is 5.82 Å². The van der Waals surface area contributed by atoms with Gasteiger partial charge in [-0.25, -0.2) is 4.79 Å². The SMILES string of the molecule is COc1ccc(C(OC[C@H]2O[C@@H](n3ccc(N)nc3=O)C[C@@H]2ON2C(=O)c3ccccc3C2=O)(c2ccccc2)c2ccc(OC)cc2)cc1. The molecule has 1 aromatic heterocycles. The van der Waals surface area contributed by atoms with E-state index >= 15 is 0 Å². The average Bonchev–Trinajstić information content (AvgIpc) is 3.66. The number of nitrogen functional groups attached to an aromatic ring is 1. The maximum absolute atomic E-state index is 13.3. The maximum atomic E-state index is 13.3. The molecular weight excluding hydrogens is 640 g/mol. The lowest BCUT2D eigenvalue weighted by Crippen LogP contribution is -2.42. The van der Waals surface area contributed by atoms with Crippen LogP contribution < -0.4 is 20.9 Å². The Kier molecular flexibility index (Phi) is 8.89. The van der Waals surface area contributed by atoms with Crippen LogP contribution in [0.25, 0.3) is 0 Å². The van der Waals surface area contributed by atoms with Crippen molar-refractivity contribution < 1.29 is 33.4 Å². The summed E-state index contributed by atoms with van der Waals surface area (Å²) in [5.41, 5.74) is 6.82. The number of carbonyl (C=O) groups is 2. The maximum Gasteiger partial charge on any atom is 0.351 e. The van der Waals surface area contributed by atoms with Gasteiger partial charge in [0.15, 0.2) is 0 Å². The van der Waals surface area contributed by atoms with Crippen molar-refractivity contribution in [2.45, 2.75) is 30.5 Å². The Balaban J connectivity index is 1.28. The zero-order valence-corrected chi connectivity index (χ0v) is 27.3. The number of rotatable bonds is 11. The summed E-state index contributed by atoms with van der Waals surface area (Å²) in [5.74, 6) is 0.230. The number of hydrogen-bond acceptors (Lipinski definition) is 10. The van der Waals surface area contributed by atoms with E-state index in [4.69, 9.17) is 29.5 Å². The molecule has 4 aromatic carbocycles. The van der Waals surface area contributed by atoms with Gasteiger partial charge in [0.05, 0.1) is 32.0 Å². The lowest BCUT2D eigenvalue weighted by Gasteiger charge is -2.37. The van der Waals surface area contributed by atoms with Gasteiger partial charge in [-0.15, -0.1) is 5.06 Å². The van der Waals surface area contributed by atoms with Gasteiger partial charge in [-0.2, -0.15) is 4.98 Å². The normalized spacial score (nSPS) is 18.7. The molecule has 1 fully saturated rings. The second kappa shape index (κ2) is 13.6. The summed E-state index contributed by atoms with van der Waals surface area (Å²) in [6.45, 7) is -0.0888. The van der Waals surface area contributed by atoms with E-state index in [-0.39, 0.29) is 30.0 Å². The molecule has 3 heterocycles. The number of carbonyl (C=O) groups excluding carboxylic acids is 2. The molecule has 0 saturated carbocycles. The van der Waals surface area contributed by atoms with Gasteiger partial charge in [-0.05, 0) is 59.2 Å². The number of nitrogens with two attached hydrogens (primary N) is 1. The number of aromatic nitrogens is 2. The first-order valence-corrected chi connectivity index (χ1v) is 16.0. The smallest absolute Gasteiger partial charge is 0.351 e. The van der Waals surface area contributed by atoms with Crippen molar-refractivity contribution in [1.82, 2.24) is 14.6 Å². The minimum atomic E-state index is -1.19. The van der Waals surface area contributed by atoms with E-state index in [1.54, 1.807) is 38.5 Å². The Bertz CT molecular complexity index is 1990. The van der Waals surface area contributed by atoms with Crippen molar-refractivity contribution in [1.29, 1.82) is 0 Å². The molecule has 0 bridgehead atoms. The summed E-state index contributed by atoms with van der Waals surface area (Å²) >= 11 is 0. The number of fused-ring (bicyclic) bond motifs is 1. The third kappa shape index (κ3) is 5.89. The zero-order valence-electron chi connectivity index (χ0n) is 27.3. The third-order valence-electron chi connectivity index (χ3n) is 8.98. The van der Waals surface area contributed by atoms with E-state index < -0.39 is 41.5 Å². The van der Waals surface area contributed by atoms with E-state index in [2.05, 4.69) is 4.98 Å². The van der Waals surface area contributed by atoms with Crippen LogP contribution in [0, 0.1) is 0 Å². The van der Waals surface area contributed by atoms with Crippen molar-refractivity contribution >= 4 is 17.6 Å². The summed E-state index contributed by atoms with van der Waals surface area (Å²) in [5, 5.41) is 0.759. The first-order chi connectivity index (χ1) is 24.3. The number of nitrogens with zero attached hydrogens (tertiary/aromatic N) is 3. The van der Waals surface area contributed by atoms with Gasteiger partial charge in [-0.1, -0.05) is 66.7 Å². The topological polar surface area (TPSA) is 144 Å². The van der Waals surface area contributed by atoms with E-state index in [9.17, 15) is 14.4 Å². The van der Waals surface area contributed by atoms with Crippen LogP contribution in [-0.2, 0) is 19.9 Å².